The second-order valence-electron chi connectivity index (χ2n) is 4.18. The van der Waals surface area contributed by atoms with E-state index in [1.54, 1.807) is 9.36 Å². The molecule has 0 fully saturated rings. The molecule has 19 heavy (non-hydrogen) atoms. The van der Waals surface area contributed by atoms with Gasteiger partial charge in [0.15, 0.2) is 0 Å². The third kappa shape index (κ3) is 2.42. The van der Waals surface area contributed by atoms with Crippen molar-refractivity contribution in [3.05, 3.63) is 34.4 Å². The van der Waals surface area contributed by atoms with Crippen LogP contribution in [-0.4, -0.2) is 25.3 Å². The molecule has 0 N–H and O–H groups in total. The van der Waals surface area contributed by atoms with E-state index in [2.05, 4.69) is 10.2 Å². The third-order valence-corrected chi connectivity index (χ3v) is 3.31. The molecular weight excluding hydrogens is 264 g/mol. The van der Waals surface area contributed by atoms with E-state index in [0.29, 0.717) is 29.5 Å². The van der Waals surface area contributed by atoms with E-state index in [0.717, 1.165) is 12.1 Å². The molecule has 0 saturated heterocycles. The molecule has 0 bridgehead atoms. The van der Waals surface area contributed by atoms with Crippen LogP contribution in [0, 0.1) is 0 Å². The Morgan fingerprint density at radius 2 is 1.95 bits per heavy atom. The number of ketones is 1. The molecule has 0 saturated carbocycles. The monoisotopic (exact) mass is 280 g/mol. The first-order chi connectivity index (χ1) is 9.12. The summed E-state index contributed by atoms with van der Waals surface area (Å²) in [4.78, 5) is 12.6. The first-order valence-corrected chi connectivity index (χ1v) is 6.82. The summed E-state index contributed by atoms with van der Waals surface area (Å²) >= 11 is 6.07. The molecule has 2 heterocycles. The van der Waals surface area contributed by atoms with Gasteiger partial charge in [-0.2, -0.15) is 10.2 Å². The lowest BCUT2D eigenvalue weighted by molar-refractivity contribution is 0.101. The van der Waals surface area contributed by atoms with Crippen LogP contribution in [-0.2, 0) is 19.5 Å². The number of hydrogen-bond acceptors (Lipinski definition) is 3. The molecule has 102 valence electrons. The van der Waals surface area contributed by atoms with Gasteiger partial charge in [-0.05, 0) is 26.3 Å². The van der Waals surface area contributed by atoms with Crippen LogP contribution >= 0.6 is 11.6 Å². The minimum Gasteiger partial charge on any atom is -0.285 e. The van der Waals surface area contributed by atoms with E-state index < -0.39 is 0 Å². The molecule has 0 aliphatic rings. The van der Waals surface area contributed by atoms with Crippen molar-refractivity contribution >= 4 is 17.4 Å². The zero-order valence-electron chi connectivity index (χ0n) is 11.4. The van der Waals surface area contributed by atoms with Gasteiger partial charge in [0.05, 0.1) is 16.9 Å². The van der Waals surface area contributed by atoms with Gasteiger partial charge in [-0.15, -0.1) is 0 Å². The van der Waals surface area contributed by atoms with E-state index in [9.17, 15) is 4.79 Å². The Kier molecular flexibility index (Phi) is 4.04. The first kappa shape index (κ1) is 13.8. The lowest BCUT2D eigenvalue weighted by Gasteiger charge is -2.06. The van der Waals surface area contributed by atoms with Crippen molar-refractivity contribution in [3.63, 3.8) is 0 Å². The van der Waals surface area contributed by atoms with Gasteiger partial charge in [0.1, 0.15) is 11.4 Å². The fourth-order valence-corrected chi connectivity index (χ4v) is 2.24. The van der Waals surface area contributed by atoms with Gasteiger partial charge >= 0.3 is 0 Å². The number of nitrogens with zero attached hydrogens (tertiary/aromatic N) is 4. The molecule has 0 spiro atoms. The SMILES string of the molecule is CCc1cc(C(=O)c2c(Cl)cnn2CC)n(CC)n1. The van der Waals surface area contributed by atoms with Crippen LogP contribution in [0.2, 0.25) is 5.02 Å². The third-order valence-electron chi connectivity index (χ3n) is 3.03. The van der Waals surface area contributed by atoms with Gasteiger partial charge in [0.25, 0.3) is 0 Å². The number of aryl methyl sites for hydroxylation is 3. The summed E-state index contributed by atoms with van der Waals surface area (Å²) in [6.45, 7) is 7.16. The fourth-order valence-electron chi connectivity index (χ4n) is 2.02. The molecule has 0 unspecified atom stereocenters. The van der Waals surface area contributed by atoms with Gasteiger partial charge in [-0.1, -0.05) is 18.5 Å². The predicted molar refractivity (Wildman–Crippen MR) is 73.6 cm³/mol. The van der Waals surface area contributed by atoms with E-state index >= 15 is 0 Å². The molecule has 2 aromatic heterocycles. The average molecular weight is 281 g/mol. The fraction of sp³-hybridized carbons (Fsp3) is 0.462. The Morgan fingerprint density at radius 3 is 2.53 bits per heavy atom. The van der Waals surface area contributed by atoms with Crippen LogP contribution in [0.1, 0.15) is 42.6 Å². The quantitative estimate of drug-likeness (QED) is 0.791. The summed E-state index contributed by atoms with van der Waals surface area (Å²) < 4.78 is 3.33. The summed E-state index contributed by atoms with van der Waals surface area (Å²) in [5, 5.41) is 8.87. The molecule has 0 aromatic carbocycles. The zero-order chi connectivity index (χ0) is 14.0. The van der Waals surface area contributed by atoms with Crippen molar-refractivity contribution in [1.82, 2.24) is 19.6 Å². The first-order valence-electron chi connectivity index (χ1n) is 6.45. The van der Waals surface area contributed by atoms with Gasteiger partial charge in [0, 0.05) is 13.1 Å². The van der Waals surface area contributed by atoms with Crippen molar-refractivity contribution in [2.45, 2.75) is 40.3 Å². The van der Waals surface area contributed by atoms with E-state index in [1.165, 1.54) is 6.20 Å². The Bertz CT molecular complexity index is 600. The number of carbonyl (C=O) groups is 1. The van der Waals surface area contributed by atoms with Gasteiger partial charge in [-0.3, -0.25) is 14.2 Å². The maximum Gasteiger partial charge on any atom is 0.230 e. The summed E-state index contributed by atoms with van der Waals surface area (Å²) in [5.41, 5.74) is 1.90. The molecule has 5 nitrogen and oxygen atoms in total. The minimum atomic E-state index is -0.126. The molecule has 6 heteroatoms. The second-order valence-corrected chi connectivity index (χ2v) is 4.58. The topological polar surface area (TPSA) is 52.7 Å². The lowest BCUT2D eigenvalue weighted by Crippen LogP contribution is -2.15. The summed E-state index contributed by atoms with van der Waals surface area (Å²) in [7, 11) is 0. The molecule has 0 aliphatic heterocycles. The normalized spacial score (nSPS) is 10.9. The predicted octanol–water partition coefficient (Wildman–Crippen LogP) is 2.57. The highest BCUT2D eigenvalue weighted by molar-refractivity contribution is 6.34. The summed E-state index contributed by atoms with van der Waals surface area (Å²) in [5.74, 6) is -0.126. The van der Waals surface area contributed by atoms with Crippen LogP contribution in [0.15, 0.2) is 12.3 Å². The highest BCUT2D eigenvalue weighted by Crippen LogP contribution is 2.20. The van der Waals surface area contributed by atoms with E-state index in [4.69, 9.17) is 11.6 Å². The van der Waals surface area contributed by atoms with Crippen molar-refractivity contribution in [3.8, 4) is 0 Å². The van der Waals surface area contributed by atoms with E-state index in [1.807, 2.05) is 26.8 Å². The number of aromatic nitrogens is 4. The Labute approximate surface area is 117 Å². The van der Waals surface area contributed by atoms with Crippen molar-refractivity contribution in [2.75, 3.05) is 0 Å². The highest BCUT2D eigenvalue weighted by Gasteiger charge is 2.22. The number of halogens is 1. The molecular formula is C13H17ClN4O. The maximum absolute atomic E-state index is 12.6. The van der Waals surface area contributed by atoms with E-state index in [-0.39, 0.29) is 5.78 Å². The molecule has 2 rings (SSSR count). The molecule has 0 amide bonds. The maximum atomic E-state index is 12.6. The molecule has 0 atom stereocenters. The number of carbonyl (C=O) groups excluding carboxylic acids is 1. The molecule has 0 radical (unpaired) electrons. The van der Waals surface area contributed by atoms with Crippen LogP contribution < -0.4 is 0 Å². The molecule has 0 aliphatic carbocycles. The van der Waals surface area contributed by atoms with Crippen LogP contribution in [0.4, 0.5) is 0 Å². The van der Waals surface area contributed by atoms with Gasteiger partial charge in [-0.25, -0.2) is 0 Å². The Morgan fingerprint density at radius 1 is 1.26 bits per heavy atom. The van der Waals surface area contributed by atoms with Crippen molar-refractivity contribution in [1.29, 1.82) is 0 Å². The Balaban J connectivity index is 2.49. The standard InChI is InChI=1S/C13H17ClN4O/c1-4-9-7-11(17(5-2)16-9)13(19)12-10(14)8-15-18(12)6-3/h7-8H,4-6H2,1-3H3. The molecule has 2 aromatic rings. The van der Waals surface area contributed by atoms with Gasteiger partial charge in [0.2, 0.25) is 5.78 Å². The lowest BCUT2D eigenvalue weighted by atomic mass is 10.2. The minimum absolute atomic E-state index is 0.126. The largest absolute Gasteiger partial charge is 0.285 e. The number of hydrogen-bond donors (Lipinski definition) is 0. The number of rotatable bonds is 5. The van der Waals surface area contributed by atoms with Crippen LogP contribution in [0.25, 0.3) is 0 Å². The zero-order valence-corrected chi connectivity index (χ0v) is 12.1. The summed E-state index contributed by atoms with van der Waals surface area (Å²) in [6.07, 6.45) is 2.31. The van der Waals surface area contributed by atoms with Crippen LogP contribution in [0.5, 0.6) is 0 Å². The Hall–Kier alpha value is -1.62. The second kappa shape index (κ2) is 5.57. The smallest absolute Gasteiger partial charge is 0.230 e. The summed E-state index contributed by atoms with van der Waals surface area (Å²) in [6, 6.07) is 1.83. The van der Waals surface area contributed by atoms with Crippen LogP contribution in [0.3, 0.4) is 0 Å². The van der Waals surface area contributed by atoms with Crippen molar-refractivity contribution < 1.29 is 4.79 Å². The average Bonchev–Trinajstić information content (AvgIpc) is 3.00. The highest BCUT2D eigenvalue weighted by atomic mass is 35.5. The van der Waals surface area contributed by atoms with Crippen molar-refractivity contribution in [2.24, 2.45) is 0 Å². The van der Waals surface area contributed by atoms with Gasteiger partial charge < -0.3 is 0 Å².